The first kappa shape index (κ1) is 29.8. The molecule has 9 nitrogen and oxygen atoms in total. The molecule has 2 heterocycles. The molecule has 2 aliphatic heterocycles. The summed E-state index contributed by atoms with van der Waals surface area (Å²) in [6.45, 7) is 3.00. The number of aliphatic hydroxyl groups excluding tert-OH is 1. The summed E-state index contributed by atoms with van der Waals surface area (Å²) in [6, 6.07) is 12.3. The summed E-state index contributed by atoms with van der Waals surface area (Å²) in [6.07, 6.45) is 4.11. The summed E-state index contributed by atoms with van der Waals surface area (Å²) in [4.78, 5) is 27.7. The van der Waals surface area contributed by atoms with E-state index in [4.69, 9.17) is 18.9 Å². The Balaban J connectivity index is 1.30. The smallest absolute Gasteiger partial charge is 0.220 e. The van der Waals surface area contributed by atoms with Crippen molar-refractivity contribution in [1.29, 1.82) is 0 Å². The van der Waals surface area contributed by atoms with E-state index in [0.29, 0.717) is 74.7 Å². The molecule has 2 aromatic carbocycles. The fraction of sp³-hybridized carbons (Fsp3) is 0.548. The molecule has 40 heavy (non-hydrogen) atoms. The number of aliphatic hydroxyl groups is 1. The van der Waals surface area contributed by atoms with E-state index in [1.165, 1.54) is 0 Å². The van der Waals surface area contributed by atoms with Crippen molar-refractivity contribution in [2.45, 2.75) is 63.1 Å². The topological polar surface area (TPSA) is 107 Å². The number of ether oxygens (including phenoxy) is 4. The third-order valence-corrected chi connectivity index (χ3v) is 7.64. The van der Waals surface area contributed by atoms with E-state index < -0.39 is 12.1 Å². The van der Waals surface area contributed by atoms with E-state index in [-0.39, 0.29) is 17.7 Å². The molecule has 1 fully saturated rings. The zero-order valence-electron chi connectivity index (χ0n) is 23.6. The van der Waals surface area contributed by atoms with Gasteiger partial charge in [0.1, 0.15) is 25.1 Å². The number of carbonyl (C=O) groups excluding carboxylic acids is 2. The highest BCUT2D eigenvalue weighted by molar-refractivity contribution is 5.96. The quantitative estimate of drug-likeness (QED) is 0.252. The zero-order chi connectivity index (χ0) is 28.3. The molecule has 9 heteroatoms. The monoisotopic (exact) mass is 554 g/mol. The lowest BCUT2D eigenvalue weighted by Crippen LogP contribution is -2.49. The average Bonchev–Trinajstić information content (AvgIpc) is 3.42. The standard InChI is InChI=1S/C31H42N2O7/c1-37-21-24-7-6-16-33(24)20-26(31(36)23-12-15-28-29(19-23)40-18-17-39-28)32-30(35)9-5-3-4-8-27(34)22-10-13-25(38-2)14-11-22/h10-15,19,24,26,31,36H,3-9,16-18,20-21H2,1-2H3,(H,32,35)/t24-,26?,31-/m0/s1. The second-order valence-electron chi connectivity index (χ2n) is 10.5. The number of methoxy groups -OCH3 is 2. The summed E-state index contributed by atoms with van der Waals surface area (Å²) in [5.74, 6) is 1.97. The van der Waals surface area contributed by atoms with Gasteiger partial charge < -0.3 is 29.4 Å². The second-order valence-corrected chi connectivity index (χ2v) is 10.5. The Hall–Kier alpha value is -3.14. The molecule has 3 atom stereocenters. The number of unbranched alkanes of at least 4 members (excludes halogenated alkanes) is 2. The van der Waals surface area contributed by atoms with Crippen molar-refractivity contribution in [3.63, 3.8) is 0 Å². The molecule has 218 valence electrons. The Kier molecular flexibility index (Phi) is 11.2. The molecular formula is C31H42N2O7. The highest BCUT2D eigenvalue weighted by Gasteiger charge is 2.31. The number of rotatable bonds is 15. The maximum absolute atomic E-state index is 13.0. The number of ketones is 1. The average molecular weight is 555 g/mol. The summed E-state index contributed by atoms with van der Waals surface area (Å²) in [5, 5.41) is 14.5. The van der Waals surface area contributed by atoms with E-state index in [2.05, 4.69) is 10.2 Å². The molecule has 1 saturated heterocycles. The molecule has 2 aromatic rings. The van der Waals surface area contributed by atoms with Gasteiger partial charge in [0.25, 0.3) is 0 Å². The van der Waals surface area contributed by atoms with Gasteiger partial charge in [0.2, 0.25) is 5.91 Å². The molecule has 0 bridgehead atoms. The van der Waals surface area contributed by atoms with Crippen molar-refractivity contribution < 1.29 is 33.6 Å². The first-order chi connectivity index (χ1) is 19.5. The van der Waals surface area contributed by atoms with Gasteiger partial charge in [-0.25, -0.2) is 0 Å². The number of carbonyl (C=O) groups is 2. The minimum absolute atomic E-state index is 0.0888. The number of Topliss-reactive ketones (excluding diaryl/α,β-unsaturated/α-hetero) is 1. The maximum Gasteiger partial charge on any atom is 0.220 e. The number of nitrogens with one attached hydrogen (secondary N) is 1. The van der Waals surface area contributed by atoms with Crippen LogP contribution in [0.4, 0.5) is 0 Å². The highest BCUT2D eigenvalue weighted by Crippen LogP contribution is 2.34. The van der Waals surface area contributed by atoms with Crippen LogP contribution in [0.5, 0.6) is 17.2 Å². The molecule has 0 radical (unpaired) electrons. The van der Waals surface area contributed by atoms with Crippen LogP contribution in [-0.2, 0) is 9.53 Å². The van der Waals surface area contributed by atoms with Crippen molar-refractivity contribution in [2.75, 3.05) is 47.1 Å². The van der Waals surface area contributed by atoms with Gasteiger partial charge in [0.05, 0.1) is 19.8 Å². The van der Waals surface area contributed by atoms with Crippen molar-refractivity contribution in [3.05, 3.63) is 53.6 Å². The number of likely N-dealkylation sites (tertiary alicyclic amines) is 1. The fourth-order valence-electron chi connectivity index (χ4n) is 5.42. The molecule has 0 saturated carbocycles. The lowest BCUT2D eigenvalue weighted by Gasteiger charge is -2.32. The Morgan fingerprint density at radius 2 is 1.77 bits per heavy atom. The number of benzene rings is 2. The lowest BCUT2D eigenvalue weighted by molar-refractivity contribution is -0.123. The Morgan fingerprint density at radius 3 is 2.52 bits per heavy atom. The Morgan fingerprint density at radius 1 is 1.02 bits per heavy atom. The largest absolute Gasteiger partial charge is 0.497 e. The molecule has 2 N–H and O–H groups in total. The second kappa shape index (κ2) is 15.0. The van der Waals surface area contributed by atoms with E-state index in [0.717, 1.165) is 31.6 Å². The first-order valence-corrected chi connectivity index (χ1v) is 14.3. The minimum Gasteiger partial charge on any atom is -0.497 e. The van der Waals surface area contributed by atoms with Crippen LogP contribution in [0.1, 0.15) is 67.0 Å². The van der Waals surface area contributed by atoms with Gasteiger partial charge >= 0.3 is 0 Å². The van der Waals surface area contributed by atoms with Crippen molar-refractivity contribution in [1.82, 2.24) is 10.2 Å². The molecule has 1 unspecified atom stereocenters. The molecule has 0 spiro atoms. The van der Waals surface area contributed by atoms with Crippen LogP contribution in [0.15, 0.2) is 42.5 Å². The van der Waals surface area contributed by atoms with Gasteiger partial charge in [0, 0.05) is 38.1 Å². The van der Waals surface area contributed by atoms with Crippen molar-refractivity contribution in [3.8, 4) is 17.2 Å². The van der Waals surface area contributed by atoms with Gasteiger partial charge in [0.15, 0.2) is 17.3 Å². The Labute approximate surface area is 236 Å². The molecule has 4 rings (SSSR count). The fourth-order valence-corrected chi connectivity index (χ4v) is 5.42. The molecule has 1 amide bonds. The number of hydrogen-bond donors (Lipinski definition) is 2. The Bertz CT molecular complexity index is 1110. The van der Waals surface area contributed by atoms with Crippen LogP contribution in [0.3, 0.4) is 0 Å². The van der Waals surface area contributed by atoms with Crippen molar-refractivity contribution in [2.24, 2.45) is 0 Å². The molecular weight excluding hydrogens is 512 g/mol. The predicted octanol–water partition coefficient (Wildman–Crippen LogP) is 3.93. The number of hydrogen-bond acceptors (Lipinski definition) is 8. The number of fused-ring (bicyclic) bond motifs is 1. The van der Waals surface area contributed by atoms with Crippen LogP contribution >= 0.6 is 0 Å². The third-order valence-electron chi connectivity index (χ3n) is 7.64. The van der Waals surface area contributed by atoms with Crippen LogP contribution in [0, 0.1) is 0 Å². The number of amides is 1. The summed E-state index contributed by atoms with van der Waals surface area (Å²) >= 11 is 0. The summed E-state index contributed by atoms with van der Waals surface area (Å²) < 4.78 is 21.9. The van der Waals surface area contributed by atoms with Gasteiger partial charge in [-0.2, -0.15) is 0 Å². The van der Waals surface area contributed by atoms with E-state index in [1.807, 2.05) is 12.1 Å². The minimum atomic E-state index is -0.911. The van der Waals surface area contributed by atoms with E-state index in [9.17, 15) is 14.7 Å². The summed E-state index contributed by atoms with van der Waals surface area (Å²) in [5.41, 5.74) is 1.34. The van der Waals surface area contributed by atoms with Crippen LogP contribution in [0.2, 0.25) is 0 Å². The lowest BCUT2D eigenvalue weighted by atomic mass is 10.00. The van der Waals surface area contributed by atoms with Gasteiger partial charge in [-0.1, -0.05) is 12.5 Å². The van der Waals surface area contributed by atoms with E-state index >= 15 is 0 Å². The van der Waals surface area contributed by atoms with Crippen LogP contribution in [0.25, 0.3) is 0 Å². The van der Waals surface area contributed by atoms with Gasteiger partial charge in [-0.3, -0.25) is 14.5 Å². The normalized spacial score (nSPS) is 18.2. The zero-order valence-corrected chi connectivity index (χ0v) is 23.6. The van der Waals surface area contributed by atoms with Crippen LogP contribution in [-0.4, -0.2) is 80.9 Å². The van der Waals surface area contributed by atoms with E-state index in [1.54, 1.807) is 44.6 Å². The maximum atomic E-state index is 13.0. The van der Waals surface area contributed by atoms with Crippen molar-refractivity contribution >= 4 is 11.7 Å². The highest BCUT2D eigenvalue weighted by atomic mass is 16.6. The first-order valence-electron chi connectivity index (χ1n) is 14.3. The van der Waals surface area contributed by atoms with Gasteiger partial charge in [-0.15, -0.1) is 0 Å². The molecule has 0 aliphatic carbocycles. The van der Waals surface area contributed by atoms with Gasteiger partial charge in [-0.05, 0) is 74.2 Å². The molecule has 0 aromatic heterocycles. The summed E-state index contributed by atoms with van der Waals surface area (Å²) in [7, 11) is 3.29. The predicted molar refractivity (Wildman–Crippen MR) is 151 cm³/mol. The van der Waals surface area contributed by atoms with Crippen LogP contribution < -0.4 is 19.5 Å². The number of nitrogens with zero attached hydrogens (tertiary/aromatic N) is 1. The molecule has 2 aliphatic rings. The third kappa shape index (κ3) is 8.19. The SMILES string of the molecule is COC[C@@H]1CCCN1CC(NC(=O)CCCCCC(=O)c1ccc(OC)cc1)[C@@H](O)c1ccc2c(c1)OCCO2.